The molecule has 0 bridgehead atoms. The predicted molar refractivity (Wildman–Crippen MR) is 97.6 cm³/mol. The van der Waals surface area contributed by atoms with Gasteiger partial charge in [0.15, 0.2) is 0 Å². The second kappa shape index (κ2) is 7.67. The minimum Gasteiger partial charge on any atom is -0.507 e. The van der Waals surface area contributed by atoms with Gasteiger partial charge in [-0.3, -0.25) is 4.79 Å². The molecule has 0 atom stereocenters. The highest BCUT2D eigenvalue weighted by molar-refractivity contribution is 7.89. The molecule has 26 heavy (non-hydrogen) atoms. The summed E-state index contributed by atoms with van der Waals surface area (Å²) < 4.78 is 26.4. The fourth-order valence-electron chi connectivity index (χ4n) is 2.68. The van der Waals surface area contributed by atoms with Gasteiger partial charge in [-0.1, -0.05) is 12.1 Å². The standard InChI is InChI=1S/C18H19N3O4S/c22-17-6-2-1-5-15(17)13-19-20-18(23)14-7-9-16(10-8-14)26(24,25)21-11-3-4-12-21/h1-2,5-10,13,22H,3-4,11-12H2,(H,20,23)/b19-13+. The third-order valence-corrected chi connectivity index (χ3v) is 6.04. The average Bonchev–Trinajstić information content (AvgIpc) is 3.19. The van der Waals surface area contributed by atoms with E-state index in [1.807, 2.05) is 0 Å². The van der Waals surface area contributed by atoms with E-state index in [4.69, 9.17) is 0 Å². The molecule has 2 N–H and O–H groups in total. The molecule has 1 saturated heterocycles. The number of amides is 1. The third-order valence-electron chi connectivity index (χ3n) is 4.13. The van der Waals surface area contributed by atoms with Gasteiger partial charge in [0.25, 0.3) is 5.91 Å². The van der Waals surface area contributed by atoms with Crippen LogP contribution in [-0.4, -0.2) is 43.0 Å². The van der Waals surface area contributed by atoms with Crippen LogP contribution in [0.15, 0.2) is 58.5 Å². The molecule has 8 heteroatoms. The largest absolute Gasteiger partial charge is 0.507 e. The van der Waals surface area contributed by atoms with E-state index in [1.54, 1.807) is 18.2 Å². The first kappa shape index (κ1) is 18.1. The van der Waals surface area contributed by atoms with E-state index in [0.29, 0.717) is 24.2 Å². The van der Waals surface area contributed by atoms with Crippen molar-refractivity contribution < 1.29 is 18.3 Å². The Hall–Kier alpha value is -2.71. The van der Waals surface area contributed by atoms with E-state index in [9.17, 15) is 18.3 Å². The molecule has 0 aliphatic carbocycles. The van der Waals surface area contributed by atoms with Crippen molar-refractivity contribution in [1.82, 2.24) is 9.73 Å². The van der Waals surface area contributed by atoms with Crippen molar-refractivity contribution in [2.75, 3.05) is 13.1 Å². The Kier molecular flexibility index (Phi) is 5.34. The number of hydrazone groups is 1. The molecular weight excluding hydrogens is 354 g/mol. The van der Waals surface area contributed by atoms with Crippen molar-refractivity contribution in [3.8, 4) is 5.75 Å². The summed E-state index contributed by atoms with van der Waals surface area (Å²) >= 11 is 0. The normalized spacial score (nSPS) is 15.4. The molecular formula is C18H19N3O4S. The number of benzene rings is 2. The van der Waals surface area contributed by atoms with Crippen molar-refractivity contribution >= 4 is 22.1 Å². The van der Waals surface area contributed by atoms with Crippen LogP contribution >= 0.6 is 0 Å². The number of sulfonamides is 1. The van der Waals surface area contributed by atoms with Gasteiger partial charge in [0.1, 0.15) is 5.75 Å². The molecule has 7 nitrogen and oxygen atoms in total. The zero-order valence-corrected chi connectivity index (χ0v) is 14.8. The Morgan fingerprint density at radius 1 is 1.08 bits per heavy atom. The maximum Gasteiger partial charge on any atom is 0.271 e. The average molecular weight is 373 g/mol. The van der Waals surface area contributed by atoms with Gasteiger partial charge in [0.2, 0.25) is 10.0 Å². The first-order valence-corrected chi connectivity index (χ1v) is 9.64. The lowest BCUT2D eigenvalue weighted by atomic mass is 10.2. The molecule has 0 radical (unpaired) electrons. The summed E-state index contributed by atoms with van der Waals surface area (Å²) in [7, 11) is -3.49. The molecule has 2 aromatic carbocycles. The molecule has 1 heterocycles. The maximum atomic E-state index is 12.5. The summed E-state index contributed by atoms with van der Waals surface area (Å²) in [5.41, 5.74) is 3.11. The fraction of sp³-hybridized carbons (Fsp3) is 0.222. The van der Waals surface area contributed by atoms with Gasteiger partial charge < -0.3 is 5.11 Å². The van der Waals surface area contributed by atoms with E-state index >= 15 is 0 Å². The van der Waals surface area contributed by atoms with Crippen LogP contribution in [-0.2, 0) is 10.0 Å². The van der Waals surface area contributed by atoms with E-state index in [-0.39, 0.29) is 10.6 Å². The Balaban J connectivity index is 1.66. The minimum absolute atomic E-state index is 0.0574. The minimum atomic E-state index is -3.49. The Bertz CT molecular complexity index is 918. The number of hydrogen-bond donors (Lipinski definition) is 2. The molecule has 0 aromatic heterocycles. The Morgan fingerprint density at radius 2 is 1.73 bits per heavy atom. The molecule has 3 rings (SSSR count). The van der Waals surface area contributed by atoms with Crippen LogP contribution < -0.4 is 5.43 Å². The van der Waals surface area contributed by atoms with Gasteiger partial charge in [-0.25, -0.2) is 13.8 Å². The SMILES string of the molecule is O=C(N/N=C/c1ccccc1O)c1ccc(S(=O)(=O)N2CCCC2)cc1. The van der Waals surface area contributed by atoms with Gasteiger partial charge in [-0.2, -0.15) is 9.41 Å². The lowest BCUT2D eigenvalue weighted by molar-refractivity contribution is 0.0955. The summed E-state index contributed by atoms with van der Waals surface area (Å²) in [5, 5.41) is 13.4. The number of carbonyl (C=O) groups is 1. The number of phenols is 1. The van der Waals surface area contributed by atoms with Crippen LogP contribution in [0.3, 0.4) is 0 Å². The maximum absolute atomic E-state index is 12.5. The van der Waals surface area contributed by atoms with Crippen molar-refractivity contribution in [3.05, 3.63) is 59.7 Å². The van der Waals surface area contributed by atoms with Gasteiger partial charge in [0.05, 0.1) is 11.1 Å². The number of nitrogens with zero attached hydrogens (tertiary/aromatic N) is 2. The highest BCUT2D eigenvalue weighted by atomic mass is 32.2. The highest BCUT2D eigenvalue weighted by Crippen LogP contribution is 2.21. The molecule has 1 aliphatic rings. The second-order valence-electron chi connectivity index (χ2n) is 5.89. The van der Waals surface area contributed by atoms with Crippen LogP contribution in [0, 0.1) is 0 Å². The van der Waals surface area contributed by atoms with E-state index in [2.05, 4.69) is 10.5 Å². The Labute approximate surface area is 152 Å². The van der Waals surface area contributed by atoms with Crippen LogP contribution in [0.2, 0.25) is 0 Å². The first-order chi connectivity index (χ1) is 12.5. The van der Waals surface area contributed by atoms with E-state index in [0.717, 1.165) is 12.8 Å². The predicted octanol–water partition coefficient (Wildman–Crippen LogP) is 1.94. The molecule has 2 aromatic rings. The molecule has 1 fully saturated rings. The van der Waals surface area contributed by atoms with Gasteiger partial charge in [0, 0.05) is 24.2 Å². The number of nitrogens with one attached hydrogen (secondary N) is 1. The van der Waals surface area contributed by atoms with Crippen LogP contribution in [0.1, 0.15) is 28.8 Å². The van der Waals surface area contributed by atoms with Crippen molar-refractivity contribution in [1.29, 1.82) is 0 Å². The monoisotopic (exact) mass is 373 g/mol. The molecule has 0 unspecified atom stereocenters. The summed E-state index contributed by atoms with van der Waals surface area (Å²) in [6.45, 7) is 1.07. The van der Waals surface area contributed by atoms with Crippen molar-refractivity contribution in [2.24, 2.45) is 5.10 Å². The summed E-state index contributed by atoms with van der Waals surface area (Å²) in [4.78, 5) is 12.3. The topological polar surface area (TPSA) is 99.1 Å². The van der Waals surface area contributed by atoms with Gasteiger partial charge in [-0.05, 0) is 49.2 Å². The molecule has 1 amide bonds. The van der Waals surface area contributed by atoms with E-state index < -0.39 is 15.9 Å². The third kappa shape index (κ3) is 3.92. The number of para-hydroxylation sites is 1. The molecule has 136 valence electrons. The van der Waals surface area contributed by atoms with Crippen molar-refractivity contribution in [3.63, 3.8) is 0 Å². The number of hydrogen-bond acceptors (Lipinski definition) is 5. The number of aromatic hydroxyl groups is 1. The molecule has 0 saturated carbocycles. The van der Waals surface area contributed by atoms with E-state index in [1.165, 1.54) is 40.9 Å². The quantitative estimate of drug-likeness (QED) is 0.618. The highest BCUT2D eigenvalue weighted by Gasteiger charge is 2.27. The smallest absolute Gasteiger partial charge is 0.271 e. The van der Waals surface area contributed by atoms with Crippen molar-refractivity contribution in [2.45, 2.75) is 17.7 Å². The number of phenolic OH excluding ortho intramolecular Hbond substituents is 1. The summed E-state index contributed by atoms with van der Waals surface area (Å²) in [5.74, 6) is -0.413. The fourth-order valence-corrected chi connectivity index (χ4v) is 4.19. The zero-order valence-electron chi connectivity index (χ0n) is 14.0. The van der Waals surface area contributed by atoms with Crippen LogP contribution in [0.25, 0.3) is 0 Å². The van der Waals surface area contributed by atoms with Gasteiger partial charge in [-0.15, -0.1) is 0 Å². The first-order valence-electron chi connectivity index (χ1n) is 8.20. The van der Waals surface area contributed by atoms with Crippen LogP contribution in [0.4, 0.5) is 0 Å². The lowest BCUT2D eigenvalue weighted by Crippen LogP contribution is -2.28. The number of rotatable bonds is 5. The van der Waals surface area contributed by atoms with Crippen LogP contribution in [0.5, 0.6) is 5.75 Å². The molecule has 0 spiro atoms. The lowest BCUT2D eigenvalue weighted by Gasteiger charge is -2.15. The molecule has 1 aliphatic heterocycles. The van der Waals surface area contributed by atoms with Gasteiger partial charge >= 0.3 is 0 Å². The summed E-state index contributed by atoms with van der Waals surface area (Å²) in [6, 6.07) is 12.4. The zero-order chi connectivity index (χ0) is 18.6. The number of carbonyl (C=O) groups excluding carboxylic acids is 1. The second-order valence-corrected chi connectivity index (χ2v) is 7.83. The Morgan fingerprint density at radius 3 is 2.38 bits per heavy atom. The summed E-state index contributed by atoms with van der Waals surface area (Å²) in [6.07, 6.45) is 3.07.